The highest BCUT2D eigenvalue weighted by atomic mass is 32.2. The molecule has 1 aromatic heterocycles. The summed E-state index contributed by atoms with van der Waals surface area (Å²) < 4.78 is 5.00. The number of nitrogens with one attached hydrogen (secondary N) is 1. The minimum atomic E-state index is -0.328. The molecule has 1 rings (SSSR count). The summed E-state index contributed by atoms with van der Waals surface area (Å²) in [6.07, 6.45) is 3.76. The Bertz CT molecular complexity index is 385. The third-order valence-electron chi connectivity index (χ3n) is 2.37. The molecule has 0 saturated carbocycles. The molecule has 1 heterocycles. The van der Waals surface area contributed by atoms with Crippen LogP contribution >= 0.6 is 11.8 Å². The van der Waals surface area contributed by atoms with E-state index >= 15 is 0 Å². The van der Waals surface area contributed by atoms with Crippen molar-refractivity contribution in [3.63, 3.8) is 0 Å². The number of rotatable bonds is 7. The van der Waals surface area contributed by atoms with Gasteiger partial charge in [-0.25, -0.2) is 9.78 Å². The molecule has 100 valence electrons. The van der Waals surface area contributed by atoms with Crippen molar-refractivity contribution in [2.75, 3.05) is 30.5 Å². The lowest BCUT2D eigenvalue weighted by Crippen LogP contribution is -2.17. The first-order valence-electron chi connectivity index (χ1n) is 6.04. The highest BCUT2D eigenvalue weighted by Gasteiger charge is 2.13. The molecule has 0 fully saturated rings. The van der Waals surface area contributed by atoms with Crippen molar-refractivity contribution in [1.29, 1.82) is 0 Å². The van der Waals surface area contributed by atoms with Crippen LogP contribution in [0.3, 0.4) is 0 Å². The van der Waals surface area contributed by atoms with Crippen molar-refractivity contribution >= 4 is 23.5 Å². The molecular formula is C13H20N2O2S. The molecule has 4 nitrogen and oxygen atoms in total. The van der Waals surface area contributed by atoms with Crippen molar-refractivity contribution in [3.05, 3.63) is 23.9 Å². The van der Waals surface area contributed by atoms with E-state index < -0.39 is 0 Å². The first kappa shape index (κ1) is 14.8. The molecule has 1 N–H and O–H groups in total. The molecule has 0 amide bonds. The number of anilines is 1. The van der Waals surface area contributed by atoms with Crippen LogP contribution in [0.4, 0.5) is 5.82 Å². The Labute approximate surface area is 113 Å². The van der Waals surface area contributed by atoms with Crippen LogP contribution in [0.15, 0.2) is 18.3 Å². The maximum atomic E-state index is 11.7. The summed E-state index contributed by atoms with van der Waals surface area (Å²) in [6, 6.07) is 3.47. The van der Waals surface area contributed by atoms with E-state index in [1.165, 1.54) is 0 Å². The monoisotopic (exact) mass is 268 g/mol. The van der Waals surface area contributed by atoms with E-state index in [1.807, 2.05) is 11.8 Å². The first-order chi connectivity index (χ1) is 8.69. The molecule has 5 heteroatoms. The molecule has 0 bridgehead atoms. The SMILES string of the molecule is CCOC(=O)c1cccnc1NCC(C)CSC. The van der Waals surface area contributed by atoms with Gasteiger partial charge in [0.2, 0.25) is 0 Å². The fraction of sp³-hybridized carbons (Fsp3) is 0.538. The van der Waals surface area contributed by atoms with Gasteiger partial charge >= 0.3 is 5.97 Å². The summed E-state index contributed by atoms with van der Waals surface area (Å²) in [5.41, 5.74) is 0.496. The van der Waals surface area contributed by atoms with Crippen LogP contribution in [-0.4, -0.2) is 36.1 Å². The predicted octanol–water partition coefficient (Wildman–Crippen LogP) is 2.67. The third-order valence-corrected chi connectivity index (χ3v) is 3.27. The lowest BCUT2D eigenvalue weighted by molar-refractivity contribution is 0.0527. The molecule has 0 radical (unpaired) electrons. The fourth-order valence-corrected chi connectivity index (χ4v) is 2.22. The largest absolute Gasteiger partial charge is 0.462 e. The third kappa shape index (κ3) is 4.56. The minimum Gasteiger partial charge on any atom is -0.462 e. The van der Waals surface area contributed by atoms with Gasteiger partial charge in [0.05, 0.1) is 6.61 Å². The van der Waals surface area contributed by atoms with E-state index in [9.17, 15) is 4.79 Å². The molecule has 0 aliphatic carbocycles. The van der Waals surface area contributed by atoms with Crippen LogP contribution < -0.4 is 5.32 Å². The van der Waals surface area contributed by atoms with Crippen LogP contribution in [0.25, 0.3) is 0 Å². The lowest BCUT2D eigenvalue weighted by Gasteiger charge is -2.13. The summed E-state index contributed by atoms with van der Waals surface area (Å²) in [7, 11) is 0. The summed E-state index contributed by atoms with van der Waals surface area (Å²) in [6.45, 7) is 5.12. The molecule has 18 heavy (non-hydrogen) atoms. The van der Waals surface area contributed by atoms with Crippen LogP contribution in [0, 0.1) is 5.92 Å². The molecule has 0 spiro atoms. The number of hydrogen-bond donors (Lipinski definition) is 1. The van der Waals surface area contributed by atoms with Crippen molar-refractivity contribution in [3.8, 4) is 0 Å². The fourth-order valence-electron chi connectivity index (χ4n) is 1.53. The van der Waals surface area contributed by atoms with Gasteiger partial charge in [-0.3, -0.25) is 0 Å². The van der Waals surface area contributed by atoms with Crippen LogP contribution in [0.5, 0.6) is 0 Å². The highest BCUT2D eigenvalue weighted by molar-refractivity contribution is 7.98. The smallest absolute Gasteiger partial charge is 0.341 e. The maximum Gasteiger partial charge on any atom is 0.341 e. The maximum absolute atomic E-state index is 11.7. The lowest BCUT2D eigenvalue weighted by atomic mass is 10.2. The highest BCUT2D eigenvalue weighted by Crippen LogP contribution is 2.14. The van der Waals surface area contributed by atoms with E-state index in [-0.39, 0.29) is 5.97 Å². The summed E-state index contributed by atoms with van der Waals surface area (Å²) >= 11 is 1.81. The molecule has 1 atom stereocenters. The number of esters is 1. The Morgan fingerprint density at radius 3 is 3.06 bits per heavy atom. The summed E-state index contributed by atoms with van der Waals surface area (Å²) in [4.78, 5) is 15.9. The van der Waals surface area contributed by atoms with Gasteiger partial charge in [0.15, 0.2) is 0 Å². The molecule has 0 aromatic carbocycles. The van der Waals surface area contributed by atoms with Crippen molar-refractivity contribution in [1.82, 2.24) is 4.98 Å². The van der Waals surface area contributed by atoms with Crippen LogP contribution in [0.1, 0.15) is 24.2 Å². The van der Waals surface area contributed by atoms with Crippen molar-refractivity contribution in [2.24, 2.45) is 5.92 Å². The molecule has 0 aliphatic heterocycles. The Kier molecular flexibility index (Phi) is 6.57. The molecule has 0 saturated heterocycles. The number of aromatic nitrogens is 1. The van der Waals surface area contributed by atoms with E-state index in [2.05, 4.69) is 23.5 Å². The second kappa shape index (κ2) is 7.97. The van der Waals surface area contributed by atoms with Gasteiger partial charge < -0.3 is 10.1 Å². The van der Waals surface area contributed by atoms with Gasteiger partial charge in [0.25, 0.3) is 0 Å². The number of pyridine rings is 1. The van der Waals surface area contributed by atoms with Gasteiger partial charge in [-0.05, 0) is 37.0 Å². The van der Waals surface area contributed by atoms with Crippen molar-refractivity contribution in [2.45, 2.75) is 13.8 Å². The Morgan fingerprint density at radius 2 is 2.39 bits per heavy atom. The number of nitrogens with zero attached hydrogens (tertiary/aromatic N) is 1. The van der Waals surface area contributed by atoms with E-state index in [0.717, 1.165) is 12.3 Å². The number of hydrogen-bond acceptors (Lipinski definition) is 5. The van der Waals surface area contributed by atoms with Gasteiger partial charge in [0, 0.05) is 12.7 Å². The quantitative estimate of drug-likeness (QED) is 0.770. The van der Waals surface area contributed by atoms with Gasteiger partial charge in [-0.1, -0.05) is 6.92 Å². The summed E-state index contributed by atoms with van der Waals surface area (Å²) in [5.74, 6) is 1.88. The molecule has 1 aromatic rings. The zero-order valence-electron chi connectivity index (χ0n) is 11.1. The summed E-state index contributed by atoms with van der Waals surface area (Å²) in [5, 5.41) is 3.21. The second-order valence-corrected chi connectivity index (χ2v) is 4.97. The normalized spacial score (nSPS) is 11.9. The zero-order chi connectivity index (χ0) is 13.4. The Balaban J connectivity index is 2.67. The second-order valence-electron chi connectivity index (χ2n) is 4.06. The molecular weight excluding hydrogens is 248 g/mol. The first-order valence-corrected chi connectivity index (χ1v) is 7.43. The van der Waals surface area contributed by atoms with E-state index in [4.69, 9.17) is 4.74 Å². The van der Waals surface area contributed by atoms with E-state index in [0.29, 0.717) is 23.9 Å². The van der Waals surface area contributed by atoms with Crippen molar-refractivity contribution < 1.29 is 9.53 Å². The van der Waals surface area contributed by atoms with Crippen LogP contribution in [-0.2, 0) is 4.74 Å². The van der Waals surface area contributed by atoms with Gasteiger partial charge in [-0.2, -0.15) is 11.8 Å². The van der Waals surface area contributed by atoms with Crippen LogP contribution in [0.2, 0.25) is 0 Å². The number of thioether (sulfide) groups is 1. The average molecular weight is 268 g/mol. The predicted molar refractivity (Wildman–Crippen MR) is 76.2 cm³/mol. The Morgan fingerprint density at radius 1 is 1.61 bits per heavy atom. The number of carbonyl (C=O) groups excluding carboxylic acids is 1. The standard InChI is InChI=1S/C13H20N2O2S/c1-4-17-13(16)11-6-5-7-14-12(11)15-8-10(2)9-18-3/h5-7,10H,4,8-9H2,1-3H3,(H,14,15). The Hall–Kier alpha value is -1.23. The number of ether oxygens (including phenoxy) is 1. The molecule has 1 unspecified atom stereocenters. The molecule has 0 aliphatic rings. The zero-order valence-corrected chi connectivity index (χ0v) is 11.9. The minimum absolute atomic E-state index is 0.328. The number of carbonyl (C=O) groups is 1. The van der Waals surface area contributed by atoms with Gasteiger partial charge in [0.1, 0.15) is 11.4 Å². The van der Waals surface area contributed by atoms with Gasteiger partial charge in [-0.15, -0.1) is 0 Å². The van der Waals surface area contributed by atoms with E-state index in [1.54, 1.807) is 25.3 Å². The average Bonchev–Trinajstić information content (AvgIpc) is 2.37. The topological polar surface area (TPSA) is 51.2 Å².